The number of rotatable bonds is 8. The third kappa shape index (κ3) is 4.72. The number of para-hydroxylation sites is 2. The van der Waals surface area contributed by atoms with Crippen molar-refractivity contribution in [1.82, 2.24) is 0 Å². The van der Waals surface area contributed by atoms with Crippen LogP contribution in [0.1, 0.15) is 61.6 Å². The maximum atomic E-state index is 14.5. The van der Waals surface area contributed by atoms with Crippen LogP contribution in [0.2, 0.25) is 0 Å². The van der Waals surface area contributed by atoms with E-state index < -0.39 is 35.4 Å². The van der Waals surface area contributed by atoms with E-state index in [9.17, 15) is 14.4 Å². The van der Waals surface area contributed by atoms with Crippen LogP contribution in [0.5, 0.6) is 11.5 Å². The summed E-state index contributed by atoms with van der Waals surface area (Å²) < 4.78 is 18.9. The van der Waals surface area contributed by atoms with E-state index in [-0.39, 0.29) is 29.9 Å². The first-order chi connectivity index (χ1) is 20.3. The Morgan fingerprint density at radius 3 is 2.45 bits per heavy atom. The molecule has 7 atom stereocenters. The Balaban J connectivity index is 1.19. The fraction of sp³-hybridized carbons (Fsp3) is 0.528. The Labute approximate surface area is 247 Å². The average Bonchev–Trinajstić information content (AvgIpc) is 3.60. The third-order valence-corrected chi connectivity index (χ3v) is 10.3. The molecule has 2 saturated carbocycles. The van der Waals surface area contributed by atoms with Gasteiger partial charge in [-0.1, -0.05) is 85.7 Å². The minimum Gasteiger partial charge on any atom is -0.486 e. The second-order valence-electron chi connectivity index (χ2n) is 13.3. The highest BCUT2D eigenvalue weighted by atomic mass is 16.6. The van der Waals surface area contributed by atoms with Gasteiger partial charge in [0.15, 0.2) is 11.5 Å². The third-order valence-electron chi connectivity index (χ3n) is 10.3. The summed E-state index contributed by atoms with van der Waals surface area (Å²) in [6.45, 7) is 4.38. The monoisotopic (exact) mass is 568 g/mol. The van der Waals surface area contributed by atoms with E-state index in [0.717, 1.165) is 42.4 Å². The standard InChI is InChI=1S/C36H40O6/c1-21-14-22(2)16-24(15-21)18-27(37)32-31-12-13-36(42-31)33(28(38)17-23-8-4-3-5-9-23)26(35(39)34(32)36)19-25-20-40-29-10-6-7-11-30(29)41-25/h6-7,10-16,23,25-26,31-34H,3-5,8-9,17-20H2,1-2H3. The molecule has 0 aromatic heterocycles. The Bertz CT molecular complexity index is 1420. The number of hydrogen-bond acceptors (Lipinski definition) is 6. The van der Waals surface area contributed by atoms with E-state index in [2.05, 4.69) is 6.07 Å². The number of carbonyl (C=O) groups is 3. The number of Topliss-reactive ketones (excluding diaryl/α,β-unsaturated/α-hetero) is 3. The quantitative estimate of drug-likeness (QED) is 0.367. The Kier molecular flexibility index (Phi) is 7.08. The molecule has 0 radical (unpaired) electrons. The van der Waals surface area contributed by atoms with Gasteiger partial charge in [0.2, 0.25) is 0 Å². The molecule has 2 aromatic carbocycles. The van der Waals surface area contributed by atoms with Crippen molar-refractivity contribution in [1.29, 1.82) is 0 Å². The lowest BCUT2D eigenvalue weighted by molar-refractivity contribution is -0.136. The van der Waals surface area contributed by atoms with Gasteiger partial charge < -0.3 is 14.2 Å². The lowest BCUT2D eigenvalue weighted by Gasteiger charge is -2.34. The summed E-state index contributed by atoms with van der Waals surface area (Å²) in [6, 6.07) is 13.7. The molecular formula is C36H40O6. The second kappa shape index (κ2) is 10.8. The largest absolute Gasteiger partial charge is 0.486 e. The maximum Gasteiger partial charge on any atom is 0.161 e. The Morgan fingerprint density at radius 1 is 0.952 bits per heavy atom. The topological polar surface area (TPSA) is 78.9 Å². The van der Waals surface area contributed by atoms with Crippen LogP contribution in [0, 0.1) is 43.4 Å². The zero-order valence-electron chi connectivity index (χ0n) is 24.6. The van der Waals surface area contributed by atoms with Crippen molar-refractivity contribution >= 4 is 17.3 Å². The zero-order chi connectivity index (χ0) is 29.0. The highest BCUT2D eigenvalue weighted by Gasteiger charge is 2.72. The molecular weight excluding hydrogens is 528 g/mol. The normalized spacial score (nSPS) is 33.1. The van der Waals surface area contributed by atoms with Crippen molar-refractivity contribution in [2.24, 2.45) is 29.6 Å². The highest BCUT2D eigenvalue weighted by Crippen LogP contribution is 2.60. The van der Waals surface area contributed by atoms with Gasteiger partial charge in [0.25, 0.3) is 0 Å². The van der Waals surface area contributed by atoms with Crippen molar-refractivity contribution in [2.75, 3.05) is 6.61 Å². The zero-order valence-corrected chi connectivity index (χ0v) is 24.6. The van der Waals surface area contributed by atoms with Gasteiger partial charge in [-0.25, -0.2) is 0 Å². The predicted molar refractivity (Wildman–Crippen MR) is 158 cm³/mol. The van der Waals surface area contributed by atoms with E-state index in [1.165, 1.54) is 6.42 Å². The number of fused-ring (bicyclic) bond motifs is 2. The summed E-state index contributed by atoms with van der Waals surface area (Å²) in [5.74, 6) is -0.630. The number of carbonyl (C=O) groups excluding carboxylic acids is 3. The molecule has 3 aliphatic heterocycles. The molecule has 2 bridgehead atoms. The maximum absolute atomic E-state index is 14.5. The van der Waals surface area contributed by atoms with Gasteiger partial charge in [-0.05, 0) is 43.9 Å². The van der Waals surface area contributed by atoms with Gasteiger partial charge in [-0.3, -0.25) is 14.4 Å². The molecule has 0 amide bonds. The van der Waals surface area contributed by atoms with Crippen LogP contribution in [-0.2, 0) is 25.5 Å². The fourth-order valence-electron chi connectivity index (χ4n) is 8.73. The molecule has 3 fully saturated rings. The molecule has 0 N–H and O–H groups in total. The van der Waals surface area contributed by atoms with Gasteiger partial charge in [-0.15, -0.1) is 0 Å². The summed E-state index contributed by atoms with van der Waals surface area (Å²) in [5.41, 5.74) is 2.13. The van der Waals surface area contributed by atoms with E-state index >= 15 is 0 Å². The molecule has 220 valence electrons. The molecule has 42 heavy (non-hydrogen) atoms. The lowest BCUT2D eigenvalue weighted by atomic mass is 9.70. The van der Waals surface area contributed by atoms with Crippen LogP contribution in [0.4, 0.5) is 0 Å². The molecule has 1 spiro atoms. The first-order valence-electron chi connectivity index (χ1n) is 15.7. The molecule has 6 nitrogen and oxygen atoms in total. The van der Waals surface area contributed by atoms with Gasteiger partial charge in [0.1, 0.15) is 35.7 Å². The number of ketones is 3. The van der Waals surface area contributed by atoms with Gasteiger partial charge in [-0.2, -0.15) is 0 Å². The van der Waals surface area contributed by atoms with Gasteiger partial charge >= 0.3 is 0 Å². The molecule has 7 rings (SSSR count). The number of aryl methyl sites for hydroxylation is 2. The fourth-order valence-corrected chi connectivity index (χ4v) is 8.73. The summed E-state index contributed by atoms with van der Waals surface area (Å²) in [6.07, 6.45) is 9.79. The number of hydrogen-bond donors (Lipinski definition) is 0. The Morgan fingerprint density at radius 2 is 1.69 bits per heavy atom. The number of ether oxygens (including phenoxy) is 3. The smallest absolute Gasteiger partial charge is 0.161 e. The molecule has 2 aromatic rings. The van der Waals surface area contributed by atoms with Crippen LogP contribution in [0.3, 0.4) is 0 Å². The van der Waals surface area contributed by atoms with Crippen LogP contribution >= 0.6 is 0 Å². The molecule has 2 aliphatic carbocycles. The summed E-state index contributed by atoms with van der Waals surface area (Å²) in [7, 11) is 0. The van der Waals surface area contributed by atoms with Crippen molar-refractivity contribution in [2.45, 2.75) is 83.0 Å². The first-order valence-corrected chi connectivity index (χ1v) is 15.7. The SMILES string of the molecule is Cc1cc(C)cc(CC(=O)C2C3C=CC4(O3)C(C(=O)CC3CCCCC3)C(CC3COc5ccccc5O3)C(=O)C24)c1. The molecule has 1 saturated heterocycles. The van der Waals surface area contributed by atoms with Crippen molar-refractivity contribution in [3.05, 3.63) is 71.3 Å². The van der Waals surface area contributed by atoms with Crippen LogP contribution < -0.4 is 9.47 Å². The first kappa shape index (κ1) is 27.6. The van der Waals surface area contributed by atoms with Crippen LogP contribution in [-0.4, -0.2) is 41.8 Å². The van der Waals surface area contributed by atoms with E-state index in [0.29, 0.717) is 36.9 Å². The van der Waals surface area contributed by atoms with Crippen molar-refractivity contribution in [3.8, 4) is 11.5 Å². The Hall–Kier alpha value is -3.25. The predicted octanol–water partition coefficient (Wildman–Crippen LogP) is 5.94. The van der Waals surface area contributed by atoms with Crippen LogP contribution in [0.25, 0.3) is 0 Å². The molecule has 3 heterocycles. The van der Waals surface area contributed by atoms with Crippen molar-refractivity contribution in [3.63, 3.8) is 0 Å². The van der Waals surface area contributed by atoms with E-state index in [1.54, 1.807) is 0 Å². The number of benzene rings is 2. The molecule has 5 aliphatic rings. The van der Waals surface area contributed by atoms with Gasteiger partial charge in [0, 0.05) is 18.8 Å². The van der Waals surface area contributed by atoms with E-state index in [4.69, 9.17) is 14.2 Å². The van der Waals surface area contributed by atoms with E-state index in [1.807, 2.05) is 62.4 Å². The summed E-state index contributed by atoms with van der Waals surface area (Å²) >= 11 is 0. The minimum atomic E-state index is -1.05. The minimum absolute atomic E-state index is 0.0138. The van der Waals surface area contributed by atoms with Gasteiger partial charge in [0.05, 0.1) is 23.9 Å². The van der Waals surface area contributed by atoms with Crippen molar-refractivity contribution < 1.29 is 28.6 Å². The lowest BCUT2D eigenvalue weighted by Crippen LogP contribution is -2.44. The summed E-state index contributed by atoms with van der Waals surface area (Å²) in [4.78, 5) is 42.7. The molecule has 7 unspecified atom stereocenters. The highest BCUT2D eigenvalue weighted by molar-refractivity contribution is 6.02. The van der Waals surface area contributed by atoms with Crippen LogP contribution in [0.15, 0.2) is 54.6 Å². The molecule has 6 heteroatoms. The average molecular weight is 569 g/mol. The second-order valence-corrected chi connectivity index (χ2v) is 13.3. The summed E-state index contributed by atoms with van der Waals surface area (Å²) in [5, 5.41) is 0.